The Morgan fingerprint density at radius 3 is 2.38 bits per heavy atom. The van der Waals surface area contributed by atoms with Crippen LogP contribution in [0.25, 0.3) is 0 Å². The molecule has 2 saturated heterocycles. The molecule has 3 rings (SSSR count). The first-order valence-electron chi connectivity index (χ1n) is 8.55. The van der Waals surface area contributed by atoms with Crippen molar-refractivity contribution >= 4 is 17.5 Å². The molecule has 5 heteroatoms. The molecule has 2 fully saturated rings. The molecule has 1 atom stereocenters. The van der Waals surface area contributed by atoms with Crippen LogP contribution >= 0.6 is 0 Å². The van der Waals surface area contributed by atoms with E-state index in [4.69, 9.17) is 5.26 Å². The van der Waals surface area contributed by atoms with Gasteiger partial charge in [-0.1, -0.05) is 6.07 Å². The second-order valence-corrected chi connectivity index (χ2v) is 6.98. The Hall–Kier alpha value is -2.35. The van der Waals surface area contributed by atoms with Crippen LogP contribution in [0.5, 0.6) is 0 Å². The van der Waals surface area contributed by atoms with Gasteiger partial charge in [-0.3, -0.25) is 9.59 Å². The molecule has 2 aliphatic rings. The largest absolute Gasteiger partial charge is 0.342 e. The van der Waals surface area contributed by atoms with Gasteiger partial charge in [0.2, 0.25) is 11.8 Å². The highest BCUT2D eigenvalue weighted by Gasteiger charge is 2.38. The number of rotatable bonds is 2. The van der Waals surface area contributed by atoms with Crippen molar-refractivity contribution in [1.29, 1.82) is 5.26 Å². The predicted molar refractivity (Wildman–Crippen MR) is 91.3 cm³/mol. The zero-order valence-electron chi connectivity index (χ0n) is 14.3. The van der Waals surface area contributed by atoms with Gasteiger partial charge in [-0.05, 0) is 49.9 Å². The number of nitrogens with zero attached hydrogens (tertiary/aromatic N) is 3. The van der Waals surface area contributed by atoms with E-state index in [1.54, 1.807) is 4.90 Å². The first-order valence-corrected chi connectivity index (χ1v) is 8.55. The fraction of sp³-hybridized carbons (Fsp3) is 0.526. The molecule has 0 spiro atoms. The molecule has 1 aromatic rings. The zero-order chi connectivity index (χ0) is 17.3. The fourth-order valence-electron chi connectivity index (χ4n) is 3.72. The van der Waals surface area contributed by atoms with Crippen LogP contribution < -0.4 is 4.90 Å². The average Bonchev–Trinajstić information content (AvgIpc) is 2.95. The lowest BCUT2D eigenvalue weighted by atomic mass is 9.97. The third kappa shape index (κ3) is 3.28. The molecular formula is C19H23N3O2. The first kappa shape index (κ1) is 16.5. The summed E-state index contributed by atoms with van der Waals surface area (Å²) in [6.07, 6.45) is 1.76. The number of carbonyl (C=O) groups excluding carboxylic acids is 2. The third-order valence-electron chi connectivity index (χ3n) is 4.98. The molecule has 0 saturated carbocycles. The van der Waals surface area contributed by atoms with Crippen molar-refractivity contribution in [3.8, 4) is 6.07 Å². The molecule has 0 aliphatic carbocycles. The van der Waals surface area contributed by atoms with E-state index in [0.29, 0.717) is 19.6 Å². The lowest BCUT2D eigenvalue weighted by molar-refractivity contribution is -0.136. The second kappa shape index (κ2) is 6.64. The van der Waals surface area contributed by atoms with Gasteiger partial charge in [-0.15, -0.1) is 0 Å². The maximum Gasteiger partial charge on any atom is 0.228 e. The lowest BCUT2D eigenvalue weighted by Gasteiger charge is -2.31. The van der Waals surface area contributed by atoms with Gasteiger partial charge in [0.05, 0.1) is 12.0 Å². The molecular weight excluding hydrogens is 302 g/mol. The van der Waals surface area contributed by atoms with Crippen molar-refractivity contribution in [3.05, 3.63) is 29.3 Å². The van der Waals surface area contributed by atoms with Gasteiger partial charge < -0.3 is 9.80 Å². The molecule has 24 heavy (non-hydrogen) atoms. The summed E-state index contributed by atoms with van der Waals surface area (Å²) in [5.41, 5.74) is 3.12. The van der Waals surface area contributed by atoms with Crippen LogP contribution in [-0.2, 0) is 9.59 Å². The van der Waals surface area contributed by atoms with Gasteiger partial charge in [0.1, 0.15) is 0 Å². The Bertz CT molecular complexity index is 679. The molecule has 126 valence electrons. The Kier molecular flexibility index (Phi) is 4.57. The highest BCUT2D eigenvalue weighted by Crippen LogP contribution is 2.29. The summed E-state index contributed by atoms with van der Waals surface area (Å²) in [7, 11) is 0. The standard InChI is InChI=1S/C19H23N3O2/c1-13-7-14(2)9-17(8-13)22-12-16(10-18(22)23)19(24)21-5-3-15(11-20)4-6-21/h7-9,15-16H,3-6,10,12H2,1-2H3. The number of amides is 2. The number of aryl methyl sites for hydroxylation is 2. The minimum Gasteiger partial charge on any atom is -0.342 e. The summed E-state index contributed by atoms with van der Waals surface area (Å²) >= 11 is 0. The topological polar surface area (TPSA) is 64.4 Å². The van der Waals surface area contributed by atoms with Crippen LogP contribution in [0.3, 0.4) is 0 Å². The smallest absolute Gasteiger partial charge is 0.228 e. The van der Waals surface area contributed by atoms with E-state index in [2.05, 4.69) is 12.1 Å². The molecule has 2 heterocycles. The minimum absolute atomic E-state index is 0.0188. The van der Waals surface area contributed by atoms with Gasteiger partial charge in [0.25, 0.3) is 0 Å². The van der Waals surface area contributed by atoms with Crippen LogP contribution in [0, 0.1) is 37.0 Å². The average molecular weight is 325 g/mol. The van der Waals surface area contributed by atoms with Crippen LogP contribution in [0.15, 0.2) is 18.2 Å². The second-order valence-electron chi connectivity index (χ2n) is 6.98. The van der Waals surface area contributed by atoms with E-state index >= 15 is 0 Å². The van der Waals surface area contributed by atoms with Gasteiger partial charge >= 0.3 is 0 Å². The zero-order valence-corrected chi connectivity index (χ0v) is 14.3. The van der Waals surface area contributed by atoms with Crippen molar-refractivity contribution in [2.24, 2.45) is 11.8 Å². The number of hydrogen-bond donors (Lipinski definition) is 0. The van der Waals surface area contributed by atoms with Gasteiger partial charge in [0, 0.05) is 37.7 Å². The number of carbonyl (C=O) groups is 2. The van der Waals surface area contributed by atoms with Crippen molar-refractivity contribution in [1.82, 2.24) is 4.90 Å². The van der Waals surface area contributed by atoms with Crippen LogP contribution in [-0.4, -0.2) is 36.3 Å². The Balaban J connectivity index is 1.68. The van der Waals surface area contributed by atoms with Crippen molar-refractivity contribution in [2.45, 2.75) is 33.1 Å². The Labute approximate surface area is 142 Å². The summed E-state index contributed by atoms with van der Waals surface area (Å²) in [6.45, 7) is 5.74. The SMILES string of the molecule is Cc1cc(C)cc(N2CC(C(=O)N3CCC(C#N)CC3)CC2=O)c1. The van der Waals surface area contributed by atoms with Crippen LogP contribution in [0.2, 0.25) is 0 Å². The molecule has 0 bridgehead atoms. The van der Waals surface area contributed by atoms with Crippen LogP contribution in [0.4, 0.5) is 5.69 Å². The highest BCUT2D eigenvalue weighted by atomic mass is 16.2. The number of piperidine rings is 1. The monoisotopic (exact) mass is 325 g/mol. The van der Waals surface area contributed by atoms with E-state index in [1.165, 1.54) is 0 Å². The van der Waals surface area contributed by atoms with E-state index < -0.39 is 0 Å². The Morgan fingerprint density at radius 2 is 1.79 bits per heavy atom. The van der Waals surface area contributed by atoms with Crippen molar-refractivity contribution < 1.29 is 9.59 Å². The third-order valence-corrected chi connectivity index (χ3v) is 4.98. The summed E-state index contributed by atoms with van der Waals surface area (Å²) < 4.78 is 0. The van der Waals surface area contributed by atoms with E-state index in [1.807, 2.05) is 30.9 Å². The molecule has 5 nitrogen and oxygen atoms in total. The molecule has 0 aromatic heterocycles. The number of hydrogen-bond acceptors (Lipinski definition) is 3. The summed E-state index contributed by atoms with van der Waals surface area (Å²) in [4.78, 5) is 28.7. The van der Waals surface area contributed by atoms with Gasteiger partial charge in [0.15, 0.2) is 0 Å². The maximum absolute atomic E-state index is 12.7. The molecule has 0 radical (unpaired) electrons. The molecule has 1 unspecified atom stereocenters. The van der Waals surface area contributed by atoms with Gasteiger partial charge in [-0.25, -0.2) is 0 Å². The van der Waals surface area contributed by atoms with Crippen molar-refractivity contribution in [2.75, 3.05) is 24.5 Å². The highest BCUT2D eigenvalue weighted by molar-refractivity contribution is 6.00. The summed E-state index contributed by atoms with van der Waals surface area (Å²) in [5.74, 6) is -0.125. The predicted octanol–water partition coefficient (Wildman–Crippen LogP) is 2.42. The number of likely N-dealkylation sites (tertiary alicyclic amines) is 1. The maximum atomic E-state index is 12.7. The number of nitriles is 1. The molecule has 2 amide bonds. The summed E-state index contributed by atoms with van der Waals surface area (Å²) in [5, 5.41) is 8.96. The Morgan fingerprint density at radius 1 is 1.17 bits per heavy atom. The van der Waals surface area contributed by atoms with Crippen LogP contribution in [0.1, 0.15) is 30.4 Å². The van der Waals surface area contributed by atoms with E-state index in [9.17, 15) is 9.59 Å². The first-order chi connectivity index (χ1) is 11.5. The van der Waals surface area contributed by atoms with E-state index in [-0.39, 0.29) is 30.1 Å². The lowest BCUT2D eigenvalue weighted by Crippen LogP contribution is -2.42. The fourth-order valence-corrected chi connectivity index (χ4v) is 3.72. The molecule has 0 N–H and O–H groups in total. The quantitative estimate of drug-likeness (QED) is 0.839. The normalized spacial score (nSPS) is 21.9. The van der Waals surface area contributed by atoms with Crippen molar-refractivity contribution in [3.63, 3.8) is 0 Å². The molecule has 1 aromatic carbocycles. The van der Waals surface area contributed by atoms with E-state index in [0.717, 1.165) is 29.7 Å². The van der Waals surface area contributed by atoms with Gasteiger partial charge in [-0.2, -0.15) is 5.26 Å². The number of anilines is 1. The summed E-state index contributed by atoms with van der Waals surface area (Å²) in [6, 6.07) is 8.35. The molecule has 2 aliphatic heterocycles. The minimum atomic E-state index is -0.267. The number of benzene rings is 1.